The predicted octanol–water partition coefficient (Wildman–Crippen LogP) is 3.08. The molecule has 1 saturated carbocycles. The topological polar surface area (TPSA) is 38.3 Å². The van der Waals surface area contributed by atoms with Gasteiger partial charge in [0.25, 0.3) is 0 Å². The summed E-state index contributed by atoms with van der Waals surface area (Å²) in [5.41, 5.74) is 1.96. The average Bonchev–Trinajstić information content (AvgIpc) is 3.23. The Hall–Kier alpha value is -1.00. The Labute approximate surface area is 125 Å². The van der Waals surface area contributed by atoms with Crippen molar-refractivity contribution >= 4 is 17.7 Å². The van der Waals surface area contributed by atoms with Crippen molar-refractivity contribution in [1.29, 1.82) is 0 Å². The van der Waals surface area contributed by atoms with E-state index < -0.39 is 5.54 Å². The summed E-state index contributed by atoms with van der Waals surface area (Å²) in [7, 11) is 1.45. The summed E-state index contributed by atoms with van der Waals surface area (Å²) in [6.07, 6.45) is 2.31. The minimum atomic E-state index is -0.612. The second-order valence-electron chi connectivity index (χ2n) is 5.78. The molecule has 0 spiro atoms. The lowest BCUT2D eigenvalue weighted by molar-refractivity contribution is -0.146. The van der Waals surface area contributed by atoms with Crippen LogP contribution in [-0.2, 0) is 9.53 Å². The molecule has 0 amide bonds. The van der Waals surface area contributed by atoms with E-state index in [4.69, 9.17) is 4.74 Å². The molecular weight excluding hydrogens is 270 g/mol. The van der Waals surface area contributed by atoms with Crippen molar-refractivity contribution in [3.05, 3.63) is 29.3 Å². The van der Waals surface area contributed by atoms with Gasteiger partial charge in [0.05, 0.1) is 7.11 Å². The number of aryl methyl sites for hydroxylation is 2. The SMILES string of the molecule is COC(=O)C(C)(CSc1ccc(C)c(C)c1)NC1CC1. The Balaban J connectivity index is 2.03. The van der Waals surface area contributed by atoms with Crippen LogP contribution in [0.1, 0.15) is 30.9 Å². The summed E-state index contributed by atoms with van der Waals surface area (Å²) >= 11 is 1.70. The minimum Gasteiger partial charge on any atom is -0.468 e. The van der Waals surface area contributed by atoms with Gasteiger partial charge < -0.3 is 4.74 Å². The summed E-state index contributed by atoms with van der Waals surface area (Å²) < 4.78 is 4.96. The normalized spacial score (nSPS) is 17.6. The van der Waals surface area contributed by atoms with Crippen LogP contribution in [0.2, 0.25) is 0 Å². The van der Waals surface area contributed by atoms with Gasteiger partial charge in [0.2, 0.25) is 0 Å². The van der Waals surface area contributed by atoms with Crippen LogP contribution in [0, 0.1) is 13.8 Å². The first-order valence-corrected chi connectivity index (χ1v) is 7.99. The van der Waals surface area contributed by atoms with Gasteiger partial charge in [-0.25, -0.2) is 0 Å². The standard InChI is InChI=1S/C16H23NO2S/c1-11-5-8-14(9-12(11)2)20-10-16(3,15(18)19-4)17-13-6-7-13/h5,8-9,13,17H,6-7,10H2,1-4H3. The summed E-state index contributed by atoms with van der Waals surface area (Å²) in [5.74, 6) is 0.499. The van der Waals surface area contributed by atoms with Gasteiger partial charge in [0.1, 0.15) is 5.54 Å². The van der Waals surface area contributed by atoms with Crippen molar-refractivity contribution in [2.24, 2.45) is 0 Å². The monoisotopic (exact) mass is 293 g/mol. The van der Waals surface area contributed by atoms with Gasteiger partial charge in [-0.1, -0.05) is 6.07 Å². The second kappa shape index (κ2) is 6.19. The highest BCUT2D eigenvalue weighted by molar-refractivity contribution is 7.99. The van der Waals surface area contributed by atoms with Gasteiger partial charge >= 0.3 is 5.97 Å². The van der Waals surface area contributed by atoms with E-state index in [2.05, 4.69) is 37.4 Å². The number of ether oxygens (including phenoxy) is 1. The van der Waals surface area contributed by atoms with Crippen LogP contribution in [-0.4, -0.2) is 30.4 Å². The van der Waals surface area contributed by atoms with E-state index in [1.165, 1.54) is 23.1 Å². The van der Waals surface area contributed by atoms with Crippen LogP contribution in [0.25, 0.3) is 0 Å². The number of nitrogens with one attached hydrogen (secondary N) is 1. The zero-order chi connectivity index (χ0) is 14.8. The number of carbonyl (C=O) groups excluding carboxylic acids is 1. The number of benzene rings is 1. The smallest absolute Gasteiger partial charge is 0.326 e. The van der Waals surface area contributed by atoms with Crippen molar-refractivity contribution in [3.8, 4) is 0 Å². The van der Waals surface area contributed by atoms with Crippen molar-refractivity contribution in [2.75, 3.05) is 12.9 Å². The second-order valence-corrected chi connectivity index (χ2v) is 6.83. The summed E-state index contributed by atoms with van der Waals surface area (Å²) in [6.45, 7) is 6.16. The molecule has 0 aliphatic heterocycles. The molecule has 1 fully saturated rings. The molecule has 0 radical (unpaired) electrons. The van der Waals surface area contributed by atoms with Crippen LogP contribution >= 0.6 is 11.8 Å². The van der Waals surface area contributed by atoms with Gasteiger partial charge in [0.15, 0.2) is 0 Å². The first kappa shape index (κ1) is 15.4. The fraction of sp³-hybridized carbons (Fsp3) is 0.562. The molecule has 1 N–H and O–H groups in total. The molecule has 1 aromatic rings. The van der Waals surface area contributed by atoms with Crippen LogP contribution < -0.4 is 5.32 Å². The summed E-state index contributed by atoms with van der Waals surface area (Å²) in [5, 5.41) is 3.42. The highest BCUT2D eigenvalue weighted by atomic mass is 32.2. The molecule has 0 saturated heterocycles. The maximum absolute atomic E-state index is 12.0. The van der Waals surface area contributed by atoms with Crippen molar-refractivity contribution in [1.82, 2.24) is 5.32 Å². The van der Waals surface area contributed by atoms with Gasteiger partial charge in [0, 0.05) is 16.7 Å². The molecule has 110 valence electrons. The zero-order valence-electron chi connectivity index (χ0n) is 12.7. The van der Waals surface area contributed by atoms with Crippen molar-refractivity contribution < 1.29 is 9.53 Å². The quantitative estimate of drug-likeness (QED) is 0.646. The first-order valence-electron chi connectivity index (χ1n) is 7.01. The maximum atomic E-state index is 12.0. The molecule has 3 nitrogen and oxygen atoms in total. The Kier molecular flexibility index (Phi) is 4.76. The first-order chi connectivity index (χ1) is 9.44. The Bertz CT molecular complexity index is 499. The minimum absolute atomic E-state index is 0.180. The van der Waals surface area contributed by atoms with Gasteiger partial charge in [-0.15, -0.1) is 11.8 Å². The maximum Gasteiger partial charge on any atom is 0.326 e. The van der Waals surface area contributed by atoms with Gasteiger partial charge in [-0.05, 0) is 56.9 Å². The lowest BCUT2D eigenvalue weighted by atomic mass is 10.1. The molecule has 4 heteroatoms. The van der Waals surface area contributed by atoms with E-state index in [0.29, 0.717) is 11.8 Å². The number of thioether (sulfide) groups is 1. The third kappa shape index (κ3) is 3.76. The molecule has 1 aromatic carbocycles. The summed E-state index contributed by atoms with van der Waals surface area (Å²) in [6, 6.07) is 6.89. The molecule has 20 heavy (non-hydrogen) atoms. The molecule has 0 aromatic heterocycles. The molecular formula is C16H23NO2S. The van der Waals surface area contributed by atoms with E-state index >= 15 is 0 Å². The number of hydrogen-bond acceptors (Lipinski definition) is 4. The van der Waals surface area contributed by atoms with Crippen LogP contribution in [0.3, 0.4) is 0 Å². The van der Waals surface area contributed by atoms with E-state index in [1.54, 1.807) is 11.8 Å². The molecule has 2 rings (SSSR count). The van der Waals surface area contributed by atoms with E-state index in [0.717, 1.165) is 12.8 Å². The number of hydrogen-bond donors (Lipinski definition) is 1. The van der Waals surface area contributed by atoms with Crippen LogP contribution in [0.15, 0.2) is 23.1 Å². The van der Waals surface area contributed by atoms with E-state index in [9.17, 15) is 4.79 Å². The highest BCUT2D eigenvalue weighted by Gasteiger charge is 2.39. The van der Waals surface area contributed by atoms with Crippen molar-refractivity contribution in [3.63, 3.8) is 0 Å². The van der Waals surface area contributed by atoms with Crippen LogP contribution in [0.4, 0.5) is 0 Å². The predicted molar refractivity (Wildman–Crippen MR) is 83.2 cm³/mol. The lowest BCUT2D eigenvalue weighted by Gasteiger charge is -2.27. The Morgan fingerprint density at radius 1 is 1.40 bits per heavy atom. The molecule has 1 unspecified atom stereocenters. The number of rotatable bonds is 6. The highest BCUT2D eigenvalue weighted by Crippen LogP contribution is 2.29. The fourth-order valence-corrected chi connectivity index (χ4v) is 3.18. The molecule has 1 aliphatic rings. The fourth-order valence-electron chi connectivity index (χ4n) is 2.09. The summed E-state index contributed by atoms with van der Waals surface area (Å²) in [4.78, 5) is 13.2. The lowest BCUT2D eigenvalue weighted by Crippen LogP contribution is -2.53. The molecule has 0 heterocycles. The largest absolute Gasteiger partial charge is 0.468 e. The zero-order valence-corrected chi connectivity index (χ0v) is 13.5. The molecule has 1 atom stereocenters. The van der Waals surface area contributed by atoms with E-state index in [-0.39, 0.29) is 5.97 Å². The van der Waals surface area contributed by atoms with Crippen LogP contribution in [0.5, 0.6) is 0 Å². The average molecular weight is 293 g/mol. The number of carbonyl (C=O) groups is 1. The third-order valence-electron chi connectivity index (χ3n) is 3.74. The number of methoxy groups -OCH3 is 1. The van der Waals surface area contributed by atoms with Gasteiger partial charge in [-0.3, -0.25) is 10.1 Å². The Morgan fingerprint density at radius 2 is 2.10 bits per heavy atom. The van der Waals surface area contributed by atoms with Crippen molar-refractivity contribution in [2.45, 2.75) is 50.1 Å². The third-order valence-corrected chi connectivity index (χ3v) is 5.05. The molecule has 0 bridgehead atoms. The van der Waals surface area contributed by atoms with Gasteiger partial charge in [-0.2, -0.15) is 0 Å². The number of esters is 1. The molecule has 1 aliphatic carbocycles. The Morgan fingerprint density at radius 3 is 2.65 bits per heavy atom. The van der Waals surface area contributed by atoms with E-state index in [1.807, 2.05) is 6.92 Å².